The summed E-state index contributed by atoms with van der Waals surface area (Å²) in [6.07, 6.45) is 3.79. The Morgan fingerprint density at radius 1 is 1.11 bits per heavy atom. The summed E-state index contributed by atoms with van der Waals surface area (Å²) in [5.74, 6) is -0.763. The Balaban J connectivity index is 1.47. The molecule has 2 heterocycles. The molecule has 36 heavy (non-hydrogen) atoms. The molecular formula is C29H29Cl2N3O2. The van der Waals surface area contributed by atoms with Crippen molar-refractivity contribution in [1.29, 1.82) is 0 Å². The number of aromatic amines is 1. The smallest absolute Gasteiger partial charge is 0.249 e. The molecule has 2 aromatic carbocycles. The predicted molar refractivity (Wildman–Crippen MR) is 145 cm³/mol. The topological polar surface area (TPSA) is 74.0 Å². The summed E-state index contributed by atoms with van der Waals surface area (Å²) in [6, 6.07) is 13.5. The van der Waals surface area contributed by atoms with Gasteiger partial charge in [-0.1, -0.05) is 67.4 Å². The number of nitrogens with one attached hydrogen (secondary N) is 3. The fourth-order valence-electron chi connectivity index (χ4n) is 5.54. The van der Waals surface area contributed by atoms with Crippen LogP contribution in [0, 0.1) is 5.41 Å². The molecule has 7 heteroatoms. The van der Waals surface area contributed by atoms with Gasteiger partial charge >= 0.3 is 0 Å². The van der Waals surface area contributed by atoms with Crippen molar-refractivity contribution in [2.75, 3.05) is 6.54 Å². The van der Waals surface area contributed by atoms with Crippen LogP contribution in [0.5, 0.6) is 0 Å². The maximum atomic E-state index is 13.7. The van der Waals surface area contributed by atoms with Crippen LogP contribution in [0.15, 0.2) is 71.2 Å². The first-order valence-corrected chi connectivity index (χ1v) is 12.9. The third kappa shape index (κ3) is 4.46. The molecule has 1 amide bonds. The van der Waals surface area contributed by atoms with Gasteiger partial charge in [-0.05, 0) is 48.4 Å². The van der Waals surface area contributed by atoms with Gasteiger partial charge in [-0.3, -0.25) is 9.59 Å². The number of allylic oxidation sites excluding steroid dienone is 3. The first kappa shape index (κ1) is 24.7. The van der Waals surface area contributed by atoms with Crippen molar-refractivity contribution in [3.05, 3.63) is 92.4 Å². The summed E-state index contributed by atoms with van der Waals surface area (Å²) in [7, 11) is 0. The van der Waals surface area contributed by atoms with Gasteiger partial charge in [-0.15, -0.1) is 0 Å². The number of hydrogen-bond acceptors (Lipinski definition) is 3. The second-order valence-corrected chi connectivity index (χ2v) is 11.2. The number of dihydropyridines is 1. The van der Waals surface area contributed by atoms with Gasteiger partial charge in [0.15, 0.2) is 5.78 Å². The highest BCUT2D eigenvalue weighted by Gasteiger charge is 2.43. The number of carbonyl (C=O) groups excluding carboxylic acids is 2. The average Bonchev–Trinajstić information content (AvgIpc) is 3.22. The fraction of sp³-hybridized carbons (Fsp3) is 0.310. The van der Waals surface area contributed by atoms with Crippen molar-refractivity contribution in [1.82, 2.24) is 15.6 Å². The largest absolute Gasteiger partial charge is 0.362 e. The van der Waals surface area contributed by atoms with Gasteiger partial charge in [0.1, 0.15) is 0 Å². The van der Waals surface area contributed by atoms with Gasteiger partial charge < -0.3 is 15.6 Å². The molecule has 0 saturated heterocycles. The Bertz CT molecular complexity index is 1450. The third-order valence-corrected chi connectivity index (χ3v) is 7.97. The number of carbonyl (C=O) groups is 2. The summed E-state index contributed by atoms with van der Waals surface area (Å²) >= 11 is 13.0. The second kappa shape index (κ2) is 9.45. The standard InChI is InChI=1S/C29H29Cl2N3O2/c1-16-24(28(36)32-12-11-17-15-33-21-10-5-4-7-18(17)21)25(19-8-6-9-20(30)27(19)31)26-22(34-16)13-29(2,3)14-23(26)35/h4-10,15,25,33-34H,11-14H2,1-3H3,(H,32,36). The lowest BCUT2D eigenvalue weighted by Crippen LogP contribution is -2.41. The lowest BCUT2D eigenvalue weighted by molar-refractivity contribution is -0.118. The minimum Gasteiger partial charge on any atom is -0.362 e. The Kier molecular flexibility index (Phi) is 6.48. The van der Waals surface area contributed by atoms with E-state index in [0.717, 1.165) is 34.3 Å². The fourth-order valence-corrected chi connectivity index (χ4v) is 5.95. The molecule has 3 N–H and O–H groups in total. The number of para-hydroxylation sites is 1. The van der Waals surface area contributed by atoms with Crippen LogP contribution in [-0.2, 0) is 16.0 Å². The molecule has 3 aromatic rings. The third-order valence-electron chi connectivity index (χ3n) is 7.13. The minimum atomic E-state index is -0.580. The van der Waals surface area contributed by atoms with Gasteiger partial charge in [-0.25, -0.2) is 0 Å². The Hall–Kier alpha value is -3.02. The molecule has 1 atom stereocenters. The van der Waals surface area contributed by atoms with Crippen molar-refractivity contribution in [3.8, 4) is 0 Å². The van der Waals surface area contributed by atoms with E-state index in [4.69, 9.17) is 23.2 Å². The van der Waals surface area contributed by atoms with E-state index in [0.29, 0.717) is 46.1 Å². The van der Waals surface area contributed by atoms with E-state index in [2.05, 4.69) is 35.5 Å². The van der Waals surface area contributed by atoms with Gasteiger partial charge in [-0.2, -0.15) is 0 Å². The lowest BCUT2D eigenvalue weighted by atomic mass is 9.68. The highest BCUT2D eigenvalue weighted by molar-refractivity contribution is 6.42. The number of fused-ring (bicyclic) bond motifs is 1. The van der Waals surface area contributed by atoms with E-state index in [1.165, 1.54) is 0 Å². The molecule has 2 aliphatic rings. The molecule has 0 bridgehead atoms. The molecule has 5 rings (SSSR count). The van der Waals surface area contributed by atoms with Crippen LogP contribution < -0.4 is 10.6 Å². The quantitative estimate of drug-likeness (QED) is 0.361. The van der Waals surface area contributed by atoms with Gasteiger partial charge in [0.25, 0.3) is 0 Å². The number of rotatable bonds is 5. The number of benzene rings is 2. The maximum Gasteiger partial charge on any atom is 0.249 e. The maximum absolute atomic E-state index is 13.7. The summed E-state index contributed by atoms with van der Waals surface area (Å²) in [6.45, 7) is 6.52. The van der Waals surface area contributed by atoms with Crippen molar-refractivity contribution < 1.29 is 9.59 Å². The average molecular weight is 522 g/mol. The van der Waals surface area contributed by atoms with Crippen LogP contribution in [0.25, 0.3) is 10.9 Å². The molecule has 1 unspecified atom stereocenters. The van der Waals surface area contributed by atoms with Crippen LogP contribution in [-0.4, -0.2) is 23.2 Å². The van der Waals surface area contributed by atoms with E-state index in [1.54, 1.807) is 6.07 Å². The molecule has 5 nitrogen and oxygen atoms in total. The normalized spacial score (nSPS) is 19.4. The Labute approximate surface area is 220 Å². The Morgan fingerprint density at radius 3 is 2.69 bits per heavy atom. The zero-order valence-corrected chi connectivity index (χ0v) is 22.1. The van der Waals surface area contributed by atoms with E-state index in [1.807, 2.05) is 43.5 Å². The van der Waals surface area contributed by atoms with Crippen molar-refractivity contribution in [2.24, 2.45) is 5.41 Å². The molecular weight excluding hydrogens is 493 g/mol. The number of halogens is 2. The van der Waals surface area contributed by atoms with Crippen LogP contribution in [0.4, 0.5) is 0 Å². The highest BCUT2D eigenvalue weighted by Crippen LogP contribution is 2.48. The number of ketones is 1. The molecule has 0 spiro atoms. The lowest BCUT2D eigenvalue weighted by Gasteiger charge is -2.40. The second-order valence-electron chi connectivity index (χ2n) is 10.4. The SMILES string of the molecule is CC1=C(C(=O)NCCc2c[nH]c3ccccc23)C(c2cccc(Cl)c2Cl)C2=C(CC(C)(C)CC2=O)N1. The van der Waals surface area contributed by atoms with Gasteiger partial charge in [0.2, 0.25) is 5.91 Å². The van der Waals surface area contributed by atoms with Crippen LogP contribution in [0.1, 0.15) is 50.7 Å². The molecule has 1 aliphatic heterocycles. The monoisotopic (exact) mass is 521 g/mol. The zero-order valence-electron chi connectivity index (χ0n) is 20.6. The summed E-state index contributed by atoms with van der Waals surface area (Å²) in [5, 5.41) is 8.39. The van der Waals surface area contributed by atoms with Crippen LogP contribution >= 0.6 is 23.2 Å². The zero-order chi connectivity index (χ0) is 25.6. The number of hydrogen-bond donors (Lipinski definition) is 3. The first-order chi connectivity index (χ1) is 17.2. The summed E-state index contributed by atoms with van der Waals surface area (Å²) in [5.41, 5.74) is 5.44. The molecule has 1 aliphatic carbocycles. The van der Waals surface area contributed by atoms with Gasteiger partial charge in [0.05, 0.1) is 10.0 Å². The van der Waals surface area contributed by atoms with Crippen molar-refractivity contribution >= 4 is 45.8 Å². The number of Topliss-reactive ketones (excluding diaryl/α,β-unsaturated/α-hetero) is 1. The summed E-state index contributed by atoms with van der Waals surface area (Å²) < 4.78 is 0. The summed E-state index contributed by atoms with van der Waals surface area (Å²) in [4.78, 5) is 30.4. The van der Waals surface area contributed by atoms with Crippen molar-refractivity contribution in [3.63, 3.8) is 0 Å². The highest BCUT2D eigenvalue weighted by atomic mass is 35.5. The Morgan fingerprint density at radius 2 is 1.89 bits per heavy atom. The molecule has 186 valence electrons. The van der Waals surface area contributed by atoms with Gasteiger partial charge in [0, 0.05) is 58.5 Å². The van der Waals surface area contributed by atoms with Crippen LogP contribution in [0.2, 0.25) is 10.0 Å². The minimum absolute atomic E-state index is 0.0337. The number of H-pyrrole nitrogens is 1. The number of amides is 1. The molecule has 1 aromatic heterocycles. The predicted octanol–water partition coefficient (Wildman–Crippen LogP) is 6.44. The van der Waals surface area contributed by atoms with E-state index >= 15 is 0 Å². The van der Waals surface area contributed by atoms with E-state index < -0.39 is 5.92 Å². The number of aromatic nitrogens is 1. The first-order valence-electron chi connectivity index (χ1n) is 12.2. The molecule has 0 fully saturated rings. The van der Waals surface area contributed by atoms with E-state index in [9.17, 15) is 9.59 Å². The van der Waals surface area contributed by atoms with Crippen molar-refractivity contribution in [2.45, 2.75) is 46.0 Å². The molecule has 0 radical (unpaired) electrons. The van der Waals surface area contributed by atoms with Crippen LogP contribution in [0.3, 0.4) is 0 Å². The van der Waals surface area contributed by atoms with E-state index in [-0.39, 0.29) is 17.1 Å². The molecule has 0 saturated carbocycles.